The maximum atomic E-state index is 11.8. The molecule has 25 heavy (non-hydrogen) atoms. The number of rotatable bonds is 7. The van der Waals surface area contributed by atoms with Crippen LogP contribution in [-0.4, -0.2) is 19.7 Å². The predicted molar refractivity (Wildman–Crippen MR) is 93.3 cm³/mol. The van der Waals surface area contributed by atoms with Crippen LogP contribution in [0.15, 0.2) is 59.3 Å². The quantitative estimate of drug-likeness (QED) is 0.240. The van der Waals surface area contributed by atoms with Crippen LogP contribution in [0, 0.1) is 0 Å². The van der Waals surface area contributed by atoms with Gasteiger partial charge in [0.2, 0.25) is 0 Å². The van der Waals surface area contributed by atoms with Gasteiger partial charge in [-0.15, -0.1) is 0 Å². The summed E-state index contributed by atoms with van der Waals surface area (Å²) in [6.07, 6.45) is 1.44. The fourth-order valence-electron chi connectivity index (χ4n) is 1.99. The minimum atomic E-state index is -0.679. The van der Waals surface area contributed by atoms with E-state index in [0.717, 1.165) is 5.75 Å². The van der Waals surface area contributed by atoms with Crippen molar-refractivity contribution >= 4 is 12.0 Å². The number of hydrogen-bond donors (Lipinski definition) is 0. The highest BCUT2D eigenvalue weighted by Gasteiger charge is 2.09. The van der Waals surface area contributed by atoms with Gasteiger partial charge in [-0.05, 0) is 60.5 Å². The molecule has 0 unspecified atom stereocenters. The zero-order valence-corrected chi connectivity index (χ0v) is 13.9. The SMILES string of the molecule is CCOC(=O)/C(=C/c1cccc(Oc2ccc(OC)cc2)c1)N=[N+]=[N-]. The fourth-order valence-corrected chi connectivity index (χ4v) is 1.99. The number of nitrogens with zero attached hydrogens (tertiary/aromatic N) is 3. The van der Waals surface area contributed by atoms with E-state index in [1.807, 2.05) is 0 Å². The molecule has 0 bridgehead atoms. The van der Waals surface area contributed by atoms with E-state index in [1.54, 1.807) is 62.6 Å². The largest absolute Gasteiger partial charge is 0.497 e. The van der Waals surface area contributed by atoms with Crippen LogP contribution in [0.1, 0.15) is 12.5 Å². The standard InChI is InChI=1S/C18H17N3O4/c1-3-24-18(22)17(20-21-19)12-13-5-4-6-16(11-13)25-15-9-7-14(23-2)8-10-15/h4-12H,3H2,1-2H3/b17-12-. The van der Waals surface area contributed by atoms with E-state index in [9.17, 15) is 4.79 Å². The van der Waals surface area contributed by atoms with Crippen LogP contribution in [0.5, 0.6) is 17.2 Å². The summed E-state index contributed by atoms with van der Waals surface area (Å²) in [6, 6.07) is 14.2. The summed E-state index contributed by atoms with van der Waals surface area (Å²) in [7, 11) is 1.59. The minimum Gasteiger partial charge on any atom is -0.497 e. The molecule has 0 spiro atoms. The van der Waals surface area contributed by atoms with Crippen LogP contribution in [0.3, 0.4) is 0 Å². The van der Waals surface area contributed by atoms with E-state index in [-0.39, 0.29) is 12.3 Å². The molecule has 0 fully saturated rings. The van der Waals surface area contributed by atoms with Crippen molar-refractivity contribution < 1.29 is 19.0 Å². The smallest absolute Gasteiger partial charge is 0.340 e. The Morgan fingerprint density at radius 2 is 1.88 bits per heavy atom. The minimum absolute atomic E-state index is 0.119. The van der Waals surface area contributed by atoms with Gasteiger partial charge in [0, 0.05) is 4.91 Å². The zero-order chi connectivity index (χ0) is 18.1. The molecule has 0 amide bonds. The van der Waals surface area contributed by atoms with Crippen LogP contribution in [0.25, 0.3) is 16.5 Å². The highest BCUT2D eigenvalue weighted by molar-refractivity contribution is 5.93. The number of carbonyl (C=O) groups is 1. The first-order chi connectivity index (χ1) is 12.2. The van der Waals surface area contributed by atoms with E-state index >= 15 is 0 Å². The van der Waals surface area contributed by atoms with E-state index in [2.05, 4.69) is 10.0 Å². The van der Waals surface area contributed by atoms with Crippen LogP contribution in [0.2, 0.25) is 0 Å². The van der Waals surface area contributed by atoms with Gasteiger partial charge in [0.25, 0.3) is 0 Å². The molecule has 7 heteroatoms. The highest BCUT2D eigenvalue weighted by Crippen LogP contribution is 2.25. The molecule has 2 aromatic rings. The molecule has 0 atom stereocenters. The Morgan fingerprint density at radius 3 is 2.52 bits per heavy atom. The molecule has 0 aliphatic heterocycles. The molecule has 0 saturated heterocycles. The van der Waals surface area contributed by atoms with Crippen LogP contribution >= 0.6 is 0 Å². The third-order valence-electron chi connectivity index (χ3n) is 3.09. The van der Waals surface area contributed by atoms with Gasteiger partial charge in [0.05, 0.1) is 13.7 Å². The van der Waals surface area contributed by atoms with Crippen LogP contribution < -0.4 is 9.47 Å². The summed E-state index contributed by atoms with van der Waals surface area (Å²) < 4.78 is 15.7. The number of hydrogen-bond acceptors (Lipinski definition) is 5. The third kappa shape index (κ3) is 5.30. The van der Waals surface area contributed by atoms with Gasteiger partial charge in [-0.2, -0.15) is 0 Å². The second-order valence-corrected chi connectivity index (χ2v) is 4.79. The Kier molecular flexibility index (Phi) is 6.45. The first-order valence-corrected chi connectivity index (χ1v) is 7.52. The van der Waals surface area contributed by atoms with E-state index in [1.165, 1.54) is 6.08 Å². The molecule has 7 nitrogen and oxygen atoms in total. The summed E-state index contributed by atoms with van der Waals surface area (Å²) in [5, 5.41) is 3.38. The van der Waals surface area contributed by atoms with Gasteiger partial charge in [-0.25, -0.2) is 4.79 Å². The van der Waals surface area contributed by atoms with Crippen LogP contribution in [0.4, 0.5) is 0 Å². The number of ether oxygens (including phenoxy) is 3. The van der Waals surface area contributed by atoms with Crippen molar-refractivity contribution in [2.24, 2.45) is 5.11 Å². The number of esters is 1. The van der Waals surface area contributed by atoms with Crippen molar-refractivity contribution in [1.82, 2.24) is 0 Å². The Labute approximate surface area is 145 Å². The molecular formula is C18H17N3O4. The van der Waals surface area contributed by atoms with Crippen molar-refractivity contribution in [3.63, 3.8) is 0 Å². The molecule has 0 saturated carbocycles. The van der Waals surface area contributed by atoms with Crippen molar-refractivity contribution in [1.29, 1.82) is 0 Å². The molecule has 0 aromatic heterocycles. The molecular weight excluding hydrogens is 322 g/mol. The van der Waals surface area contributed by atoms with Gasteiger partial charge >= 0.3 is 5.97 Å². The van der Waals surface area contributed by atoms with Gasteiger partial charge in [0.1, 0.15) is 22.9 Å². The summed E-state index contributed by atoms with van der Waals surface area (Å²) in [4.78, 5) is 14.4. The molecule has 0 N–H and O–H groups in total. The average molecular weight is 339 g/mol. The molecule has 2 aromatic carbocycles. The number of azide groups is 1. The number of benzene rings is 2. The molecule has 2 rings (SSSR count). The predicted octanol–water partition coefficient (Wildman–Crippen LogP) is 4.70. The maximum Gasteiger partial charge on any atom is 0.340 e. The Hall–Kier alpha value is -3.44. The Morgan fingerprint density at radius 1 is 1.16 bits per heavy atom. The number of methoxy groups -OCH3 is 1. The van der Waals surface area contributed by atoms with Crippen LogP contribution in [-0.2, 0) is 9.53 Å². The lowest BCUT2D eigenvalue weighted by molar-refractivity contribution is -0.138. The van der Waals surface area contributed by atoms with Crippen molar-refractivity contribution in [3.8, 4) is 17.2 Å². The fraction of sp³-hybridized carbons (Fsp3) is 0.167. The van der Waals surface area contributed by atoms with Gasteiger partial charge < -0.3 is 14.2 Å². The second-order valence-electron chi connectivity index (χ2n) is 4.79. The van der Waals surface area contributed by atoms with E-state index in [0.29, 0.717) is 17.1 Å². The third-order valence-corrected chi connectivity index (χ3v) is 3.09. The average Bonchev–Trinajstić information content (AvgIpc) is 2.62. The van der Waals surface area contributed by atoms with E-state index < -0.39 is 5.97 Å². The van der Waals surface area contributed by atoms with Gasteiger partial charge in [-0.1, -0.05) is 17.2 Å². The monoisotopic (exact) mass is 339 g/mol. The lowest BCUT2D eigenvalue weighted by Crippen LogP contribution is -2.05. The summed E-state index contributed by atoms with van der Waals surface area (Å²) in [6.45, 7) is 1.87. The van der Waals surface area contributed by atoms with Crippen molar-refractivity contribution in [3.05, 3.63) is 70.2 Å². The summed E-state index contributed by atoms with van der Waals surface area (Å²) in [5.74, 6) is 1.27. The first-order valence-electron chi connectivity index (χ1n) is 7.52. The van der Waals surface area contributed by atoms with Gasteiger partial charge in [-0.3, -0.25) is 0 Å². The Balaban J connectivity index is 2.22. The summed E-state index contributed by atoms with van der Waals surface area (Å²) in [5.41, 5.74) is 9.12. The Bertz CT molecular complexity index is 809. The molecule has 0 aliphatic rings. The maximum absolute atomic E-state index is 11.8. The van der Waals surface area contributed by atoms with Crippen molar-refractivity contribution in [2.45, 2.75) is 6.92 Å². The highest BCUT2D eigenvalue weighted by atomic mass is 16.5. The van der Waals surface area contributed by atoms with Gasteiger partial charge in [0.15, 0.2) is 0 Å². The second kappa shape index (κ2) is 9.00. The molecule has 0 radical (unpaired) electrons. The molecule has 0 heterocycles. The normalized spacial score (nSPS) is 10.6. The lowest BCUT2D eigenvalue weighted by atomic mass is 10.2. The lowest BCUT2D eigenvalue weighted by Gasteiger charge is -2.07. The number of carbonyl (C=O) groups excluding carboxylic acids is 1. The zero-order valence-electron chi connectivity index (χ0n) is 13.9. The topological polar surface area (TPSA) is 93.5 Å². The van der Waals surface area contributed by atoms with Crippen molar-refractivity contribution in [2.75, 3.05) is 13.7 Å². The summed E-state index contributed by atoms with van der Waals surface area (Å²) >= 11 is 0. The van der Waals surface area contributed by atoms with E-state index in [4.69, 9.17) is 19.7 Å². The molecule has 0 aliphatic carbocycles. The first kappa shape index (κ1) is 17.9. The molecule has 128 valence electrons.